The van der Waals surface area contributed by atoms with Gasteiger partial charge in [0.25, 0.3) is 5.91 Å². The van der Waals surface area contributed by atoms with E-state index in [1.807, 2.05) is 30.3 Å². The summed E-state index contributed by atoms with van der Waals surface area (Å²) in [6.45, 7) is 5.46. The molecule has 1 aliphatic heterocycles. The fraction of sp³-hybridized carbons (Fsp3) is 0.290. The summed E-state index contributed by atoms with van der Waals surface area (Å²) >= 11 is 6.09. The van der Waals surface area contributed by atoms with Crippen LogP contribution >= 0.6 is 11.6 Å². The topological polar surface area (TPSA) is 56.6 Å². The van der Waals surface area contributed by atoms with Gasteiger partial charge in [0, 0.05) is 29.8 Å². The maximum Gasteiger partial charge on any atom is 0.254 e. The lowest BCUT2D eigenvalue weighted by Crippen LogP contribution is -2.37. The fourth-order valence-electron chi connectivity index (χ4n) is 4.77. The van der Waals surface area contributed by atoms with Crippen molar-refractivity contribution in [2.24, 2.45) is 0 Å². The van der Waals surface area contributed by atoms with Crippen LogP contribution in [0.5, 0.6) is 11.6 Å². The third kappa shape index (κ3) is 6.32. The zero-order chi connectivity index (χ0) is 27.4. The van der Waals surface area contributed by atoms with Crippen molar-refractivity contribution < 1.29 is 18.7 Å². The van der Waals surface area contributed by atoms with E-state index >= 15 is 0 Å². The molecule has 0 spiro atoms. The van der Waals surface area contributed by atoms with Crippen LogP contribution in [0.3, 0.4) is 0 Å². The minimum Gasteiger partial charge on any atom is -0.438 e. The maximum atomic E-state index is 14.1. The number of carbonyl (C=O) groups is 1. The SMILES string of the molecule is CC(C)c1nn(-c2ccccc2)c(Oc2cccc(F)c2)c1CN(CC1CCCO1)C(=O)c1ccc(Cl)cc1. The maximum absolute atomic E-state index is 14.1. The lowest BCUT2D eigenvalue weighted by atomic mass is 10.0. The second kappa shape index (κ2) is 12.0. The Labute approximate surface area is 232 Å². The smallest absolute Gasteiger partial charge is 0.254 e. The normalized spacial score (nSPS) is 15.1. The van der Waals surface area contributed by atoms with E-state index in [9.17, 15) is 9.18 Å². The van der Waals surface area contributed by atoms with Crippen molar-refractivity contribution in [3.63, 3.8) is 0 Å². The molecule has 6 nitrogen and oxygen atoms in total. The van der Waals surface area contributed by atoms with Gasteiger partial charge in [-0.15, -0.1) is 0 Å². The first-order valence-corrected chi connectivity index (χ1v) is 13.5. The largest absolute Gasteiger partial charge is 0.438 e. The van der Waals surface area contributed by atoms with Crippen molar-refractivity contribution in [3.05, 3.63) is 107 Å². The molecule has 1 amide bonds. The minimum atomic E-state index is -0.401. The highest BCUT2D eigenvalue weighted by molar-refractivity contribution is 6.30. The number of benzene rings is 3. The van der Waals surface area contributed by atoms with Crippen LogP contribution in [0.2, 0.25) is 5.02 Å². The number of ether oxygens (including phenoxy) is 2. The van der Waals surface area contributed by atoms with E-state index in [1.165, 1.54) is 12.1 Å². The third-order valence-electron chi connectivity index (χ3n) is 6.70. The summed E-state index contributed by atoms with van der Waals surface area (Å²) in [5.41, 5.74) is 2.89. The van der Waals surface area contributed by atoms with E-state index in [0.717, 1.165) is 29.8 Å². The molecule has 1 fully saturated rings. The Bertz CT molecular complexity index is 1420. The van der Waals surface area contributed by atoms with Crippen molar-refractivity contribution in [2.45, 2.75) is 45.3 Å². The lowest BCUT2D eigenvalue weighted by Gasteiger charge is -2.26. The van der Waals surface area contributed by atoms with Crippen LogP contribution in [0.15, 0.2) is 78.9 Å². The molecule has 0 radical (unpaired) electrons. The van der Waals surface area contributed by atoms with Gasteiger partial charge in [0.2, 0.25) is 5.88 Å². The summed E-state index contributed by atoms with van der Waals surface area (Å²) in [6, 6.07) is 22.5. The predicted octanol–water partition coefficient (Wildman–Crippen LogP) is 7.40. The number of hydrogen-bond acceptors (Lipinski definition) is 4. The van der Waals surface area contributed by atoms with Crippen molar-refractivity contribution in [2.75, 3.05) is 13.2 Å². The van der Waals surface area contributed by atoms with Crippen LogP contribution < -0.4 is 4.74 Å². The van der Waals surface area contributed by atoms with Crippen LogP contribution in [-0.4, -0.2) is 39.8 Å². The molecule has 1 aliphatic rings. The molecule has 2 heterocycles. The van der Waals surface area contributed by atoms with Crippen molar-refractivity contribution in [1.29, 1.82) is 0 Å². The number of hydrogen-bond donors (Lipinski definition) is 0. The molecule has 202 valence electrons. The highest BCUT2D eigenvalue weighted by atomic mass is 35.5. The van der Waals surface area contributed by atoms with Crippen LogP contribution in [0.4, 0.5) is 4.39 Å². The molecule has 1 saturated heterocycles. The zero-order valence-electron chi connectivity index (χ0n) is 22.0. The number of aromatic nitrogens is 2. The zero-order valence-corrected chi connectivity index (χ0v) is 22.8. The Balaban J connectivity index is 1.60. The summed E-state index contributed by atoms with van der Waals surface area (Å²) in [4.78, 5) is 15.6. The Hall–Kier alpha value is -3.68. The fourth-order valence-corrected chi connectivity index (χ4v) is 4.90. The van der Waals surface area contributed by atoms with E-state index in [1.54, 1.807) is 46.0 Å². The van der Waals surface area contributed by atoms with Crippen molar-refractivity contribution >= 4 is 17.5 Å². The van der Waals surface area contributed by atoms with Gasteiger partial charge in [-0.05, 0) is 67.3 Å². The number of halogens is 2. The molecule has 1 unspecified atom stereocenters. The van der Waals surface area contributed by atoms with E-state index in [4.69, 9.17) is 26.2 Å². The summed E-state index contributed by atoms with van der Waals surface area (Å²) in [5, 5.41) is 5.50. The molecular weight excluding hydrogens is 517 g/mol. The van der Waals surface area contributed by atoms with E-state index in [2.05, 4.69) is 13.8 Å². The van der Waals surface area contributed by atoms with Crippen LogP contribution in [0.1, 0.15) is 54.2 Å². The summed E-state index contributed by atoms with van der Waals surface area (Å²) in [6.07, 6.45) is 1.79. The monoisotopic (exact) mass is 547 g/mol. The molecule has 4 aromatic rings. The summed E-state index contributed by atoms with van der Waals surface area (Å²) in [5.74, 6) is 0.285. The predicted molar refractivity (Wildman–Crippen MR) is 149 cm³/mol. The van der Waals surface area contributed by atoms with E-state index in [0.29, 0.717) is 35.4 Å². The summed E-state index contributed by atoms with van der Waals surface area (Å²) in [7, 11) is 0. The number of amides is 1. The Kier molecular flexibility index (Phi) is 8.29. The van der Waals surface area contributed by atoms with Crippen molar-refractivity contribution in [1.82, 2.24) is 14.7 Å². The Morgan fingerprint density at radius 1 is 1.13 bits per heavy atom. The Morgan fingerprint density at radius 3 is 2.56 bits per heavy atom. The van der Waals surface area contributed by atoms with Gasteiger partial charge in [-0.25, -0.2) is 9.07 Å². The first-order valence-electron chi connectivity index (χ1n) is 13.2. The second-order valence-corrected chi connectivity index (χ2v) is 10.4. The van der Waals surface area contributed by atoms with Gasteiger partial charge >= 0.3 is 0 Å². The van der Waals surface area contributed by atoms with Gasteiger partial charge in [-0.2, -0.15) is 5.10 Å². The van der Waals surface area contributed by atoms with Crippen LogP contribution in [0, 0.1) is 5.82 Å². The molecule has 0 aliphatic carbocycles. The van der Waals surface area contributed by atoms with Gasteiger partial charge < -0.3 is 14.4 Å². The van der Waals surface area contributed by atoms with E-state index < -0.39 is 5.82 Å². The minimum absolute atomic E-state index is 0.0371. The van der Waals surface area contributed by atoms with Crippen molar-refractivity contribution in [3.8, 4) is 17.3 Å². The first kappa shape index (κ1) is 26.9. The molecule has 0 bridgehead atoms. The third-order valence-corrected chi connectivity index (χ3v) is 6.95. The summed E-state index contributed by atoms with van der Waals surface area (Å²) < 4.78 is 28.1. The standard InChI is InChI=1S/C31H31ClFN3O3/c1-21(2)29-28(20-35(19-27-12-7-17-38-27)30(37)22-13-15-23(32)16-14-22)31(39-26-11-6-8-24(33)18-26)36(34-29)25-9-4-3-5-10-25/h3-6,8-11,13-16,18,21,27H,7,12,17,19-20H2,1-2H3. The molecule has 1 atom stereocenters. The van der Waals surface area contributed by atoms with E-state index in [-0.39, 0.29) is 24.5 Å². The average molecular weight is 548 g/mol. The van der Waals surface area contributed by atoms with Crippen LogP contribution in [0.25, 0.3) is 5.69 Å². The van der Waals surface area contributed by atoms with Gasteiger partial charge in [0.1, 0.15) is 11.6 Å². The number of para-hydroxylation sites is 1. The molecule has 39 heavy (non-hydrogen) atoms. The highest BCUT2D eigenvalue weighted by Crippen LogP contribution is 2.35. The van der Waals surface area contributed by atoms with Gasteiger partial charge in [0.15, 0.2) is 0 Å². The quantitative estimate of drug-likeness (QED) is 0.219. The second-order valence-electron chi connectivity index (χ2n) is 9.96. The molecular formula is C31H31ClFN3O3. The average Bonchev–Trinajstić information content (AvgIpc) is 3.57. The van der Waals surface area contributed by atoms with Gasteiger partial charge in [-0.3, -0.25) is 4.79 Å². The number of nitrogens with zero attached hydrogens (tertiary/aromatic N) is 3. The first-order chi connectivity index (χ1) is 18.9. The van der Waals surface area contributed by atoms with Gasteiger partial charge in [-0.1, -0.05) is 49.7 Å². The molecule has 8 heteroatoms. The van der Waals surface area contributed by atoms with Gasteiger partial charge in [0.05, 0.1) is 29.6 Å². The molecule has 5 rings (SSSR count). The number of rotatable bonds is 9. The van der Waals surface area contributed by atoms with Crippen LogP contribution in [-0.2, 0) is 11.3 Å². The highest BCUT2D eigenvalue weighted by Gasteiger charge is 2.29. The lowest BCUT2D eigenvalue weighted by molar-refractivity contribution is 0.0505. The molecule has 3 aromatic carbocycles. The molecule has 0 N–H and O–H groups in total. The Morgan fingerprint density at radius 2 is 1.90 bits per heavy atom. The molecule has 0 saturated carbocycles. The molecule has 1 aromatic heterocycles. The number of carbonyl (C=O) groups excluding carboxylic acids is 1.